The van der Waals surface area contributed by atoms with E-state index >= 15 is 0 Å². The minimum Gasteiger partial charge on any atom is -0.399 e. The first-order valence-corrected chi connectivity index (χ1v) is 16.1. The highest BCUT2D eigenvalue weighted by Gasteiger charge is 2.00. The lowest BCUT2D eigenvalue weighted by atomic mass is 10.2. The van der Waals surface area contributed by atoms with Gasteiger partial charge in [0.25, 0.3) is 0 Å². The van der Waals surface area contributed by atoms with Crippen LogP contribution in [-0.4, -0.2) is 12.4 Å². The molecular weight excluding hydrogens is 533 g/mol. The second-order valence-corrected chi connectivity index (χ2v) is 12.6. The normalized spacial score (nSPS) is 11.5. The summed E-state index contributed by atoms with van der Waals surface area (Å²) in [5, 5.41) is 0. The van der Waals surface area contributed by atoms with Crippen LogP contribution < -0.4 is 11.5 Å². The summed E-state index contributed by atoms with van der Waals surface area (Å²) in [6.45, 7) is 0. The van der Waals surface area contributed by atoms with Crippen molar-refractivity contribution in [2.75, 3.05) is 11.5 Å². The summed E-state index contributed by atoms with van der Waals surface area (Å²) in [6.07, 6.45) is 6.85. The molecule has 0 spiro atoms. The third-order valence-corrected chi connectivity index (χ3v) is 9.88. The molecule has 0 radical (unpaired) electrons. The summed E-state index contributed by atoms with van der Waals surface area (Å²) in [4.78, 5) is 13.9. The lowest BCUT2D eigenvalue weighted by Crippen LogP contribution is -1.81. The van der Waals surface area contributed by atoms with Gasteiger partial charge in [0.1, 0.15) is 0 Å². The summed E-state index contributed by atoms with van der Waals surface area (Å²) < 4.78 is 0. The van der Waals surface area contributed by atoms with E-state index in [1.54, 1.807) is 43.2 Å². The Hall–Kier alpha value is -2.78. The second kappa shape index (κ2) is 14.8. The second-order valence-electron chi connectivity index (χ2n) is 8.01. The number of hydrogen-bond acceptors (Lipinski definition) is 8. The molecule has 0 aliphatic heterocycles. The van der Waals surface area contributed by atoms with Crippen molar-refractivity contribution in [1.82, 2.24) is 0 Å². The van der Waals surface area contributed by atoms with Crippen LogP contribution in [0.15, 0.2) is 127 Å². The average Bonchev–Trinajstić information content (AvgIpc) is 2.93. The van der Waals surface area contributed by atoms with E-state index in [1.165, 1.54) is 19.6 Å². The molecule has 0 atom stereocenters. The van der Waals surface area contributed by atoms with Crippen molar-refractivity contribution in [1.29, 1.82) is 0 Å². The highest BCUT2D eigenvalue weighted by atomic mass is 33.1. The molecule has 0 amide bonds. The van der Waals surface area contributed by atoms with Crippen molar-refractivity contribution in [2.45, 2.75) is 38.8 Å². The molecule has 0 fully saturated rings. The number of hydrogen-bond donors (Lipinski definition) is 2. The minimum absolute atomic E-state index is 0.787. The van der Waals surface area contributed by atoms with E-state index in [9.17, 15) is 0 Å². The molecule has 188 valence electrons. The fraction of sp³-hybridized carbons (Fsp3) is 0.103. The topological polar surface area (TPSA) is 76.8 Å². The summed E-state index contributed by atoms with van der Waals surface area (Å²) in [6, 6.07) is 32.5. The lowest BCUT2D eigenvalue weighted by molar-refractivity contribution is 0.944. The molecule has 0 heterocycles. The van der Waals surface area contributed by atoms with Gasteiger partial charge in [0, 0.05) is 43.4 Å². The SMILES string of the molecule is Nc1ccc(SSc2ccc(/N=C/CCC/C=N/c3ccc(SSc4ccc(N)cc4)cc3)cc2)cc1. The van der Waals surface area contributed by atoms with Crippen molar-refractivity contribution in [3.05, 3.63) is 97.1 Å². The molecule has 0 saturated heterocycles. The van der Waals surface area contributed by atoms with E-state index in [-0.39, 0.29) is 0 Å². The zero-order valence-electron chi connectivity index (χ0n) is 20.2. The molecule has 37 heavy (non-hydrogen) atoms. The predicted molar refractivity (Wildman–Crippen MR) is 168 cm³/mol. The van der Waals surface area contributed by atoms with E-state index in [0.717, 1.165) is 42.0 Å². The fourth-order valence-corrected chi connectivity index (χ4v) is 6.92. The largest absolute Gasteiger partial charge is 0.399 e. The Balaban J connectivity index is 1.11. The van der Waals surface area contributed by atoms with Crippen LogP contribution in [0.1, 0.15) is 19.3 Å². The Morgan fingerprint density at radius 1 is 0.459 bits per heavy atom. The van der Waals surface area contributed by atoms with E-state index in [4.69, 9.17) is 11.5 Å². The van der Waals surface area contributed by atoms with Crippen LogP contribution in [0.25, 0.3) is 0 Å². The maximum Gasteiger partial charge on any atom is 0.0626 e. The Labute approximate surface area is 234 Å². The van der Waals surface area contributed by atoms with E-state index in [2.05, 4.69) is 58.5 Å². The fourth-order valence-electron chi connectivity index (χ4n) is 3.06. The first-order valence-electron chi connectivity index (χ1n) is 11.8. The van der Waals surface area contributed by atoms with Gasteiger partial charge >= 0.3 is 0 Å². The molecule has 0 saturated carbocycles. The Kier molecular flexibility index (Phi) is 10.9. The first-order chi connectivity index (χ1) is 18.1. The number of nitrogen functional groups attached to an aromatic ring is 2. The molecule has 0 unspecified atom stereocenters. The van der Waals surface area contributed by atoms with E-state index in [0.29, 0.717) is 0 Å². The van der Waals surface area contributed by atoms with Crippen molar-refractivity contribution in [2.24, 2.45) is 9.98 Å². The molecule has 4 aromatic rings. The van der Waals surface area contributed by atoms with Gasteiger partial charge in [0.05, 0.1) is 11.4 Å². The van der Waals surface area contributed by atoms with Crippen LogP contribution in [0.5, 0.6) is 0 Å². The molecule has 8 heteroatoms. The molecule has 4 N–H and O–H groups in total. The quantitative estimate of drug-likeness (QED) is 0.0777. The third-order valence-electron chi connectivity index (χ3n) is 5.05. The zero-order valence-corrected chi connectivity index (χ0v) is 23.5. The maximum absolute atomic E-state index is 5.74. The molecule has 0 aliphatic rings. The average molecular weight is 561 g/mol. The first kappa shape index (κ1) is 27.3. The standard InChI is InChI=1S/C29H28N4S4/c30-22-4-12-26(13-5-22)34-36-28-16-8-24(9-17-28)32-20-2-1-3-21-33-25-10-18-29(19-11-25)37-35-27-14-6-23(31)7-15-27/h4-21H,1-3,30-31H2/b32-20+,33-21+. The molecular formula is C29H28N4S4. The summed E-state index contributed by atoms with van der Waals surface area (Å²) in [7, 11) is 6.90. The maximum atomic E-state index is 5.74. The zero-order chi connectivity index (χ0) is 25.7. The van der Waals surface area contributed by atoms with Crippen LogP contribution in [0.3, 0.4) is 0 Å². The molecule has 4 nitrogen and oxygen atoms in total. The molecule has 0 aliphatic carbocycles. The minimum atomic E-state index is 0.787. The van der Waals surface area contributed by atoms with Crippen LogP contribution in [-0.2, 0) is 0 Å². The number of benzene rings is 4. The van der Waals surface area contributed by atoms with Crippen LogP contribution in [0.2, 0.25) is 0 Å². The summed E-state index contributed by atoms with van der Waals surface area (Å²) in [5.41, 5.74) is 15.0. The van der Waals surface area contributed by atoms with Crippen molar-refractivity contribution < 1.29 is 0 Å². The van der Waals surface area contributed by atoms with Gasteiger partial charge in [-0.25, -0.2) is 0 Å². The van der Waals surface area contributed by atoms with Crippen molar-refractivity contribution >= 4 is 78.4 Å². The molecule has 0 aromatic heterocycles. The van der Waals surface area contributed by atoms with Gasteiger partial charge in [-0.1, -0.05) is 43.2 Å². The predicted octanol–water partition coefficient (Wildman–Crippen LogP) is 9.72. The molecule has 0 bridgehead atoms. The van der Waals surface area contributed by atoms with E-state index < -0.39 is 0 Å². The number of nitrogens with zero attached hydrogens (tertiary/aromatic N) is 2. The lowest BCUT2D eigenvalue weighted by Gasteiger charge is -2.02. The number of anilines is 2. The van der Waals surface area contributed by atoms with Gasteiger partial charge in [-0.2, -0.15) is 0 Å². The summed E-state index contributed by atoms with van der Waals surface area (Å²) in [5.74, 6) is 0. The van der Waals surface area contributed by atoms with Gasteiger partial charge in [-0.05, 0) is 116 Å². The van der Waals surface area contributed by atoms with Crippen LogP contribution in [0, 0.1) is 0 Å². The number of unbranched alkanes of at least 4 members (excludes halogenated alkanes) is 2. The Morgan fingerprint density at radius 3 is 1.08 bits per heavy atom. The van der Waals surface area contributed by atoms with Gasteiger partial charge in [-0.3, -0.25) is 9.98 Å². The number of aliphatic imine (C=N–C) groups is 2. The smallest absolute Gasteiger partial charge is 0.0626 e. The summed E-state index contributed by atoms with van der Waals surface area (Å²) >= 11 is 0. The van der Waals surface area contributed by atoms with Gasteiger partial charge in [0.2, 0.25) is 0 Å². The van der Waals surface area contributed by atoms with Crippen LogP contribution >= 0.6 is 43.2 Å². The Bertz CT molecular complexity index is 1190. The monoisotopic (exact) mass is 560 g/mol. The van der Waals surface area contributed by atoms with Gasteiger partial charge < -0.3 is 11.5 Å². The van der Waals surface area contributed by atoms with Crippen molar-refractivity contribution in [3.63, 3.8) is 0 Å². The van der Waals surface area contributed by atoms with Gasteiger partial charge in [0.15, 0.2) is 0 Å². The third kappa shape index (κ3) is 9.89. The van der Waals surface area contributed by atoms with Gasteiger partial charge in [-0.15, -0.1) is 0 Å². The van der Waals surface area contributed by atoms with E-state index in [1.807, 2.05) is 61.0 Å². The molecule has 4 aromatic carbocycles. The highest BCUT2D eigenvalue weighted by Crippen LogP contribution is 2.39. The molecule has 4 rings (SSSR count). The highest BCUT2D eigenvalue weighted by molar-refractivity contribution is 8.77. The Morgan fingerprint density at radius 2 is 0.757 bits per heavy atom. The van der Waals surface area contributed by atoms with Crippen molar-refractivity contribution in [3.8, 4) is 0 Å². The number of nitrogens with two attached hydrogens (primary N) is 2. The van der Waals surface area contributed by atoms with Crippen LogP contribution in [0.4, 0.5) is 22.7 Å². The number of rotatable bonds is 12.